The average molecular weight is 355 g/mol. The summed E-state index contributed by atoms with van der Waals surface area (Å²) in [4.78, 5) is 14.4. The van der Waals surface area contributed by atoms with E-state index in [0.29, 0.717) is 25.2 Å². The van der Waals surface area contributed by atoms with Gasteiger partial charge < -0.3 is 15.4 Å². The van der Waals surface area contributed by atoms with Gasteiger partial charge in [-0.25, -0.2) is 13.1 Å². The van der Waals surface area contributed by atoms with Crippen LogP contribution in [0.15, 0.2) is 29.2 Å². The third kappa shape index (κ3) is 4.32. The van der Waals surface area contributed by atoms with E-state index in [4.69, 9.17) is 10.5 Å². The monoisotopic (exact) mass is 355 g/mol. The summed E-state index contributed by atoms with van der Waals surface area (Å²) in [6.45, 7) is 4.26. The minimum atomic E-state index is -3.66. The van der Waals surface area contributed by atoms with Gasteiger partial charge in [-0.3, -0.25) is 4.79 Å². The van der Waals surface area contributed by atoms with Gasteiger partial charge in [-0.05, 0) is 36.6 Å². The zero-order valence-corrected chi connectivity index (χ0v) is 14.9. The number of carbonyl (C=O) groups excluding carboxylic acids is 1. The second-order valence-electron chi connectivity index (χ2n) is 6.41. The number of amides is 1. The molecule has 24 heavy (non-hydrogen) atoms. The molecule has 0 spiro atoms. The number of nitrogens with one attached hydrogen (secondary N) is 1. The third-order valence-electron chi connectivity index (χ3n) is 4.33. The van der Waals surface area contributed by atoms with Crippen molar-refractivity contribution >= 4 is 15.9 Å². The fourth-order valence-electron chi connectivity index (χ4n) is 2.70. The molecule has 0 aromatic heterocycles. The van der Waals surface area contributed by atoms with Crippen molar-refractivity contribution in [1.29, 1.82) is 0 Å². The van der Waals surface area contributed by atoms with Crippen LogP contribution in [-0.4, -0.2) is 59.1 Å². The van der Waals surface area contributed by atoms with E-state index in [1.54, 1.807) is 17.0 Å². The second kappa shape index (κ2) is 7.60. The smallest absolute Gasteiger partial charge is 0.253 e. The second-order valence-corrected chi connectivity index (χ2v) is 8.18. The maximum absolute atomic E-state index is 12.6. The molecule has 0 bridgehead atoms. The number of sulfonamides is 1. The van der Waals surface area contributed by atoms with E-state index in [-0.39, 0.29) is 29.4 Å². The minimum absolute atomic E-state index is 0.0684. The molecule has 134 valence electrons. The Labute approximate surface area is 143 Å². The van der Waals surface area contributed by atoms with E-state index in [1.807, 2.05) is 0 Å². The van der Waals surface area contributed by atoms with Crippen LogP contribution in [0.4, 0.5) is 0 Å². The van der Waals surface area contributed by atoms with E-state index < -0.39 is 10.0 Å². The lowest BCUT2D eigenvalue weighted by Gasteiger charge is -2.22. The van der Waals surface area contributed by atoms with Crippen molar-refractivity contribution in [2.24, 2.45) is 11.1 Å². The van der Waals surface area contributed by atoms with Gasteiger partial charge in [0.25, 0.3) is 5.91 Å². The van der Waals surface area contributed by atoms with Crippen molar-refractivity contribution in [3.05, 3.63) is 29.8 Å². The summed E-state index contributed by atoms with van der Waals surface area (Å²) >= 11 is 0. The number of nitrogens with two attached hydrogens (primary N) is 1. The van der Waals surface area contributed by atoms with Gasteiger partial charge in [-0.15, -0.1) is 0 Å². The SMILES string of the molecule is COCCNS(=O)(=O)c1cccc(C(=O)N2CCC(C)(CN)C2)c1. The molecule has 1 saturated heterocycles. The first-order valence-electron chi connectivity index (χ1n) is 7.89. The normalized spacial score (nSPS) is 21.2. The quantitative estimate of drug-likeness (QED) is 0.690. The molecule has 1 fully saturated rings. The first kappa shape index (κ1) is 18.9. The van der Waals surface area contributed by atoms with Gasteiger partial charge in [0.05, 0.1) is 11.5 Å². The van der Waals surface area contributed by atoms with Crippen LogP contribution in [0.1, 0.15) is 23.7 Å². The molecule has 0 radical (unpaired) electrons. The van der Waals surface area contributed by atoms with Crippen molar-refractivity contribution in [2.45, 2.75) is 18.2 Å². The van der Waals surface area contributed by atoms with Crippen LogP contribution in [0.2, 0.25) is 0 Å². The minimum Gasteiger partial charge on any atom is -0.383 e. The molecule has 1 aliphatic heterocycles. The largest absolute Gasteiger partial charge is 0.383 e. The van der Waals surface area contributed by atoms with Crippen molar-refractivity contribution in [2.75, 3.05) is 39.9 Å². The average Bonchev–Trinajstić information content (AvgIpc) is 2.97. The molecule has 0 saturated carbocycles. The van der Waals surface area contributed by atoms with E-state index in [1.165, 1.54) is 19.2 Å². The van der Waals surface area contributed by atoms with Gasteiger partial charge in [0, 0.05) is 32.3 Å². The number of hydrogen-bond acceptors (Lipinski definition) is 5. The van der Waals surface area contributed by atoms with Crippen LogP contribution in [-0.2, 0) is 14.8 Å². The number of ether oxygens (including phenoxy) is 1. The van der Waals surface area contributed by atoms with Gasteiger partial charge in [0.15, 0.2) is 0 Å². The Morgan fingerprint density at radius 2 is 2.21 bits per heavy atom. The zero-order chi connectivity index (χ0) is 17.8. The molecule has 1 aromatic rings. The fraction of sp³-hybridized carbons (Fsp3) is 0.562. The van der Waals surface area contributed by atoms with E-state index in [2.05, 4.69) is 11.6 Å². The van der Waals surface area contributed by atoms with E-state index in [9.17, 15) is 13.2 Å². The van der Waals surface area contributed by atoms with E-state index >= 15 is 0 Å². The van der Waals surface area contributed by atoms with Crippen LogP contribution < -0.4 is 10.5 Å². The van der Waals surface area contributed by atoms with Crippen LogP contribution in [0.5, 0.6) is 0 Å². The molecule has 1 heterocycles. The number of methoxy groups -OCH3 is 1. The Kier molecular flexibility index (Phi) is 5.97. The van der Waals surface area contributed by atoms with Crippen molar-refractivity contribution in [3.63, 3.8) is 0 Å². The standard InChI is InChI=1S/C16H25N3O4S/c1-16(11-17)6-8-19(12-16)15(20)13-4-3-5-14(10-13)24(21,22)18-7-9-23-2/h3-5,10,18H,6-9,11-12,17H2,1-2H3. The number of rotatable bonds is 7. The lowest BCUT2D eigenvalue weighted by Crippen LogP contribution is -2.34. The number of likely N-dealkylation sites (tertiary alicyclic amines) is 1. The summed E-state index contributed by atoms with van der Waals surface area (Å²) in [6, 6.07) is 6.10. The molecule has 1 unspecified atom stereocenters. The van der Waals surface area contributed by atoms with Crippen LogP contribution >= 0.6 is 0 Å². The Morgan fingerprint density at radius 3 is 2.83 bits per heavy atom. The molecule has 1 amide bonds. The molecule has 0 aliphatic carbocycles. The van der Waals surface area contributed by atoms with Gasteiger partial charge in [-0.1, -0.05) is 13.0 Å². The summed E-state index contributed by atoms with van der Waals surface area (Å²) in [5.74, 6) is -0.166. The maximum atomic E-state index is 12.6. The summed E-state index contributed by atoms with van der Waals surface area (Å²) in [5.41, 5.74) is 6.07. The summed E-state index contributed by atoms with van der Waals surface area (Å²) in [6.07, 6.45) is 0.853. The van der Waals surface area contributed by atoms with Gasteiger partial charge >= 0.3 is 0 Å². The molecule has 2 rings (SSSR count). The van der Waals surface area contributed by atoms with Crippen molar-refractivity contribution in [3.8, 4) is 0 Å². The Morgan fingerprint density at radius 1 is 1.46 bits per heavy atom. The number of benzene rings is 1. The highest BCUT2D eigenvalue weighted by atomic mass is 32.2. The Balaban J connectivity index is 2.14. The van der Waals surface area contributed by atoms with Gasteiger partial charge in [0.1, 0.15) is 0 Å². The molecule has 3 N–H and O–H groups in total. The molecular weight excluding hydrogens is 330 g/mol. The number of nitrogens with zero attached hydrogens (tertiary/aromatic N) is 1. The number of hydrogen-bond donors (Lipinski definition) is 2. The molecule has 7 nitrogen and oxygen atoms in total. The van der Waals surface area contributed by atoms with Crippen LogP contribution in [0, 0.1) is 5.41 Å². The van der Waals surface area contributed by atoms with Gasteiger partial charge in [-0.2, -0.15) is 0 Å². The molecule has 1 aromatic carbocycles. The summed E-state index contributed by atoms with van der Waals surface area (Å²) < 4.78 is 31.8. The summed E-state index contributed by atoms with van der Waals surface area (Å²) in [7, 11) is -2.16. The lowest BCUT2D eigenvalue weighted by atomic mass is 9.90. The number of carbonyl (C=O) groups is 1. The molecule has 1 aliphatic rings. The highest BCUT2D eigenvalue weighted by Gasteiger charge is 2.35. The van der Waals surface area contributed by atoms with Crippen molar-refractivity contribution in [1.82, 2.24) is 9.62 Å². The Bertz CT molecular complexity index is 692. The topological polar surface area (TPSA) is 102 Å². The lowest BCUT2D eigenvalue weighted by molar-refractivity contribution is 0.0776. The van der Waals surface area contributed by atoms with Crippen LogP contribution in [0.25, 0.3) is 0 Å². The van der Waals surface area contributed by atoms with Crippen molar-refractivity contribution < 1.29 is 17.9 Å². The summed E-state index contributed by atoms with van der Waals surface area (Å²) in [5, 5.41) is 0. The molecule has 1 atom stereocenters. The van der Waals surface area contributed by atoms with Crippen LogP contribution in [0.3, 0.4) is 0 Å². The molecule has 8 heteroatoms. The zero-order valence-electron chi connectivity index (χ0n) is 14.1. The predicted molar refractivity (Wildman–Crippen MR) is 91.2 cm³/mol. The fourth-order valence-corrected chi connectivity index (χ4v) is 3.76. The predicted octanol–water partition coefficient (Wildman–Crippen LogP) is 0.422. The Hall–Kier alpha value is -1.48. The van der Waals surface area contributed by atoms with E-state index in [0.717, 1.165) is 6.42 Å². The first-order valence-corrected chi connectivity index (χ1v) is 9.38. The third-order valence-corrected chi connectivity index (χ3v) is 5.79. The maximum Gasteiger partial charge on any atom is 0.253 e. The molecular formula is C16H25N3O4S. The highest BCUT2D eigenvalue weighted by molar-refractivity contribution is 7.89. The highest BCUT2D eigenvalue weighted by Crippen LogP contribution is 2.29. The van der Waals surface area contributed by atoms with Gasteiger partial charge in [0.2, 0.25) is 10.0 Å². The first-order chi connectivity index (χ1) is 11.3.